The van der Waals surface area contributed by atoms with Crippen molar-refractivity contribution < 1.29 is 19.8 Å². The van der Waals surface area contributed by atoms with Crippen molar-refractivity contribution in [1.82, 2.24) is 0 Å². The van der Waals surface area contributed by atoms with Crippen LogP contribution in [0.1, 0.15) is 104 Å². The number of allylic oxidation sites excluding steroid dienone is 1. The largest absolute Gasteiger partial charge is 0.478 e. The van der Waals surface area contributed by atoms with Gasteiger partial charge in [0.1, 0.15) is 0 Å². The number of carboxylic acid groups (broad SMARTS) is 2. The monoisotopic (exact) mass is 376 g/mol. The fraction of sp³-hybridized carbons (Fsp3) is 0.565. The molecule has 1 rings (SSSR count). The Morgan fingerprint density at radius 3 is 1.63 bits per heavy atom. The van der Waals surface area contributed by atoms with Crippen LogP contribution in [0.3, 0.4) is 0 Å². The molecule has 0 saturated heterocycles. The molecule has 0 saturated carbocycles. The van der Waals surface area contributed by atoms with Crippen molar-refractivity contribution in [2.24, 2.45) is 0 Å². The van der Waals surface area contributed by atoms with Crippen LogP contribution in [0.25, 0.3) is 0 Å². The number of carboxylic acids is 2. The van der Waals surface area contributed by atoms with Crippen LogP contribution >= 0.6 is 0 Å². The lowest BCUT2D eigenvalue weighted by molar-refractivity contribution is 0.0696. The molecule has 0 unspecified atom stereocenters. The van der Waals surface area contributed by atoms with Crippen molar-refractivity contribution in [3.63, 3.8) is 0 Å². The van der Waals surface area contributed by atoms with E-state index in [1.807, 2.05) is 6.08 Å². The van der Waals surface area contributed by atoms with Gasteiger partial charge in [0, 0.05) is 0 Å². The number of benzene rings is 1. The van der Waals surface area contributed by atoms with Crippen molar-refractivity contribution in [1.29, 1.82) is 0 Å². The van der Waals surface area contributed by atoms with E-state index in [4.69, 9.17) is 10.2 Å². The Hall–Kier alpha value is -2.10. The minimum atomic E-state index is -1.11. The van der Waals surface area contributed by atoms with Gasteiger partial charge in [-0.15, -0.1) is 6.58 Å². The molecule has 0 aromatic heterocycles. The van der Waals surface area contributed by atoms with Gasteiger partial charge in [-0.3, -0.25) is 0 Å². The normalized spacial score (nSPS) is 10.0. The molecule has 0 radical (unpaired) electrons. The molecule has 0 heterocycles. The smallest absolute Gasteiger partial charge is 0.335 e. The molecule has 0 spiro atoms. The van der Waals surface area contributed by atoms with Crippen molar-refractivity contribution in [2.45, 2.75) is 84.5 Å². The lowest BCUT2D eigenvalue weighted by Gasteiger charge is -2.03. The molecule has 2 N–H and O–H groups in total. The highest BCUT2D eigenvalue weighted by molar-refractivity contribution is 5.96. The Balaban J connectivity index is 0.000000501. The molecule has 4 nitrogen and oxygen atoms in total. The minimum absolute atomic E-state index is 0.0277. The summed E-state index contributed by atoms with van der Waals surface area (Å²) in [6, 6.07) is 4.17. The molecule has 4 heteroatoms. The summed E-state index contributed by atoms with van der Waals surface area (Å²) in [6.45, 7) is 7.49. The first-order valence-electron chi connectivity index (χ1n) is 10.1. The molecule has 0 bridgehead atoms. The van der Waals surface area contributed by atoms with E-state index in [9.17, 15) is 9.59 Å². The van der Waals surface area contributed by atoms with Crippen molar-refractivity contribution in [2.75, 3.05) is 0 Å². The maximum absolute atomic E-state index is 10.6. The molecule has 1 aromatic carbocycles. The van der Waals surface area contributed by atoms with Gasteiger partial charge in [0.15, 0.2) is 0 Å². The maximum Gasteiger partial charge on any atom is 0.335 e. The zero-order valence-electron chi connectivity index (χ0n) is 17.0. The Kier molecular flexibility index (Phi) is 14.8. The van der Waals surface area contributed by atoms with E-state index in [0.717, 1.165) is 0 Å². The van der Waals surface area contributed by atoms with Gasteiger partial charge in [-0.2, -0.15) is 0 Å². The van der Waals surface area contributed by atoms with Crippen molar-refractivity contribution in [3.05, 3.63) is 47.5 Å². The predicted molar refractivity (Wildman–Crippen MR) is 112 cm³/mol. The summed E-state index contributed by atoms with van der Waals surface area (Å²) >= 11 is 0. The van der Waals surface area contributed by atoms with Crippen LogP contribution in [0.5, 0.6) is 0 Å². The number of unbranched alkanes of at least 4 members (excludes halogenated alkanes) is 10. The number of rotatable bonds is 13. The van der Waals surface area contributed by atoms with Gasteiger partial charge in [-0.05, 0) is 37.5 Å². The first-order valence-corrected chi connectivity index (χ1v) is 10.1. The van der Waals surface area contributed by atoms with Crippen LogP contribution in [0.15, 0.2) is 30.9 Å². The highest BCUT2D eigenvalue weighted by Crippen LogP contribution is 2.13. The molecule has 0 aliphatic heterocycles. The lowest BCUT2D eigenvalue weighted by Crippen LogP contribution is -2.06. The second kappa shape index (κ2) is 16.1. The summed E-state index contributed by atoms with van der Waals surface area (Å²) in [6.07, 6.45) is 17.5. The fourth-order valence-corrected chi connectivity index (χ4v) is 2.88. The maximum atomic E-state index is 10.6. The summed E-state index contributed by atoms with van der Waals surface area (Å²) in [5, 5.41) is 17.4. The molecule has 27 heavy (non-hydrogen) atoms. The van der Waals surface area contributed by atoms with Crippen LogP contribution in [-0.2, 0) is 0 Å². The van der Waals surface area contributed by atoms with Gasteiger partial charge in [-0.25, -0.2) is 9.59 Å². The van der Waals surface area contributed by atoms with Crippen LogP contribution in [0.4, 0.5) is 0 Å². The van der Waals surface area contributed by atoms with Gasteiger partial charge in [-0.1, -0.05) is 76.9 Å². The Morgan fingerprint density at radius 1 is 0.852 bits per heavy atom. The topological polar surface area (TPSA) is 74.6 Å². The fourth-order valence-electron chi connectivity index (χ4n) is 2.88. The van der Waals surface area contributed by atoms with Crippen LogP contribution < -0.4 is 0 Å². The van der Waals surface area contributed by atoms with E-state index < -0.39 is 11.9 Å². The van der Waals surface area contributed by atoms with Crippen LogP contribution in [0.2, 0.25) is 0 Å². The summed E-state index contributed by atoms with van der Waals surface area (Å²) in [4.78, 5) is 21.2. The second-order valence-corrected chi connectivity index (χ2v) is 6.85. The van der Waals surface area contributed by atoms with E-state index >= 15 is 0 Å². The van der Waals surface area contributed by atoms with Gasteiger partial charge < -0.3 is 10.2 Å². The molecule has 1 aromatic rings. The van der Waals surface area contributed by atoms with Crippen LogP contribution in [0, 0.1) is 6.92 Å². The summed E-state index contributed by atoms with van der Waals surface area (Å²) < 4.78 is 0. The Labute approximate surface area is 164 Å². The highest BCUT2D eigenvalue weighted by Gasteiger charge is 2.13. The SMILES string of the molecule is C=CCCCCCCCCCCCC.Cc1c(C(=O)O)cccc1C(=O)O. The summed E-state index contributed by atoms with van der Waals surface area (Å²) in [5.74, 6) is -2.22. The number of carbonyl (C=O) groups is 2. The van der Waals surface area contributed by atoms with E-state index in [1.165, 1.54) is 95.8 Å². The number of aromatic carboxylic acids is 2. The summed E-state index contributed by atoms with van der Waals surface area (Å²) in [7, 11) is 0. The minimum Gasteiger partial charge on any atom is -0.478 e. The van der Waals surface area contributed by atoms with Gasteiger partial charge in [0.05, 0.1) is 11.1 Å². The highest BCUT2D eigenvalue weighted by atomic mass is 16.4. The molecule has 0 atom stereocenters. The molecule has 0 aliphatic carbocycles. The third kappa shape index (κ3) is 12.0. The molecule has 0 amide bonds. The average molecular weight is 377 g/mol. The van der Waals surface area contributed by atoms with E-state index in [1.54, 1.807) is 0 Å². The third-order valence-electron chi connectivity index (χ3n) is 4.56. The Morgan fingerprint density at radius 2 is 1.26 bits per heavy atom. The zero-order valence-corrected chi connectivity index (χ0v) is 17.0. The van der Waals surface area contributed by atoms with Gasteiger partial charge in [0.2, 0.25) is 0 Å². The second-order valence-electron chi connectivity index (χ2n) is 6.85. The van der Waals surface area contributed by atoms with Gasteiger partial charge in [0.25, 0.3) is 0 Å². The molecule has 0 fully saturated rings. The molecule has 0 aliphatic rings. The average Bonchev–Trinajstić information content (AvgIpc) is 2.63. The van der Waals surface area contributed by atoms with E-state index in [2.05, 4.69) is 13.5 Å². The van der Waals surface area contributed by atoms with Crippen molar-refractivity contribution >= 4 is 11.9 Å². The Bertz CT molecular complexity index is 531. The van der Waals surface area contributed by atoms with Crippen LogP contribution in [-0.4, -0.2) is 22.2 Å². The van der Waals surface area contributed by atoms with Gasteiger partial charge >= 0.3 is 11.9 Å². The summed E-state index contributed by atoms with van der Waals surface area (Å²) in [5.41, 5.74) is 0.335. The standard InChI is InChI=1S/C14H28.C9H8O4/c1-3-5-7-9-11-13-14-12-10-8-6-4-2;1-5-6(8(10)11)3-2-4-7(5)9(12)13/h3H,1,4-14H2,2H3;2-4H,1H3,(H,10,11)(H,12,13). The number of hydrogen-bond acceptors (Lipinski definition) is 2. The molecular weight excluding hydrogens is 340 g/mol. The quantitative estimate of drug-likeness (QED) is 0.291. The van der Waals surface area contributed by atoms with E-state index in [-0.39, 0.29) is 16.7 Å². The third-order valence-corrected chi connectivity index (χ3v) is 4.56. The lowest BCUT2D eigenvalue weighted by atomic mass is 10.0. The van der Waals surface area contributed by atoms with Crippen molar-refractivity contribution in [3.8, 4) is 0 Å². The molecular formula is C23H36O4. The first-order chi connectivity index (χ1) is 13.0. The predicted octanol–water partition coefficient (Wildman–Crippen LogP) is 6.87. The first kappa shape index (κ1) is 24.9. The zero-order chi connectivity index (χ0) is 20.5. The molecule has 152 valence electrons. The number of hydrogen-bond donors (Lipinski definition) is 2. The van der Waals surface area contributed by atoms with E-state index in [0.29, 0.717) is 0 Å².